The van der Waals surface area contributed by atoms with E-state index in [2.05, 4.69) is 17.2 Å². The standard InChI is InChI=1S/C19H21N3O2S2/c1-2-3-10-22-18(24)15-8-4-5-9-16(15)21-19(22)26-13-17(23)20-12-14-7-6-11-25-14/h4-9,11H,2-3,10,12-13H2,1H3,(H,20,23). The van der Waals surface area contributed by atoms with Gasteiger partial charge in [-0.15, -0.1) is 11.3 Å². The highest BCUT2D eigenvalue weighted by molar-refractivity contribution is 7.99. The van der Waals surface area contributed by atoms with E-state index in [1.165, 1.54) is 11.8 Å². The normalized spacial score (nSPS) is 11.0. The van der Waals surface area contributed by atoms with E-state index in [4.69, 9.17) is 0 Å². The molecule has 0 bridgehead atoms. The summed E-state index contributed by atoms with van der Waals surface area (Å²) < 4.78 is 1.70. The molecule has 7 heteroatoms. The van der Waals surface area contributed by atoms with Crippen LogP contribution in [-0.2, 0) is 17.9 Å². The molecule has 1 amide bonds. The average Bonchev–Trinajstić information content (AvgIpc) is 3.18. The number of rotatable bonds is 8. The molecule has 0 saturated heterocycles. The van der Waals surface area contributed by atoms with Crippen LogP contribution in [0.25, 0.3) is 10.9 Å². The molecule has 26 heavy (non-hydrogen) atoms. The average molecular weight is 388 g/mol. The summed E-state index contributed by atoms with van der Waals surface area (Å²) in [7, 11) is 0. The van der Waals surface area contributed by atoms with Gasteiger partial charge in [-0.25, -0.2) is 4.98 Å². The van der Waals surface area contributed by atoms with Gasteiger partial charge in [-0.2, -0.15) is 0 Å². The molecule has 0 unspecified atom stereocenters. The molecule has 3 rings (SSSR count). The van der Waals surface area contributed by atoms with Crippen LogP contribution in [0, 0.1) is 0 Å². The number of para-hydroxylation sites is 1. The minimum Gasteiger partial charge on any atom is -0.350 e. The van der Waals surface area contributed by atoms with Crippen LogP contribution in [0.1, 0.15) is 24.6 Å². The van der Waals surface area contributed by atoms with E-state index in [1.54, 1.807) is 22.0 Å². The van der Waals surface area contributed by atoms with Crippen LogP contribution < -0.4 is 10.9 Å². The van der Waals surface area contributed by atoms with Gasteiger partial charge in [-0.3, -0.25) is 14.2 Å². The van der Waals surface area contributed by atoms with Crippen molar-refractivity contribution in [1.29, 1.82) is 0 Å². The van der Waals surface area contributed by atoms with Gasteiger partial charge in [0.1, 0.15) is 0 Å². The van der Waals surface area contributed by atoms with E-state index in [9.17, 15) is 9.59 Å². The SMILES string of the molecule is CCCCn1c(SCC(=O)NCc2cccs2)nc2ccccc2c1=O. The van der Waals surface area contributed by atoms with Crippen molar-refractivity contribution in [3.63, 3.8) is 0 Å². The molecule has 0 saturated carbocycles. The Balaban J connectivity index is 1.74. The van der Waals surface area contributed by atoms with Gasteiger partial charge in [0, 0.05) is 11.4 Å². The lowest BCUT2D eigenvalue weighted by Crippen LogP contribution is -2.26. The second-order valence-corrected chi connectivity index (χ2v) is 7.84. The van der Waals surface area contributed by atoms with Crippen molar-refractivity contribution >= 4 is 39.9 Å². The zero-order valence-electron chi connectivity index (χ0n) is 14.6. The number of carbonyl (C=O) groups is 1. The van der Waals surface area contributed by atoms with Gasteiger partial charge in [-0.05, 0) is 30.0 Å². The van der Waals surface area contributed by atoms with Gasteiger partial charge in [0.25, 0.3) is 5.56 Å². The van der Waals surface area contributed by atoms with Gasteiger partial charge in [0.15, 0.2) is 5.16 Å². The van der Waals surface area contributed by atoms with Crippen LogP contribution >= 0.6 is 23.1 Å². The Morgan fingerprint density at radius 1 is 1.27 bits per heavy atom. The number of thioether (sulfide) groups is 1. The number of hydrogen-bond acceptors (Lipinski definition) is 5. The lowest BCUT2D eigenvalue weighted by Gasteiger charge is -2.12. The number of nitrogens with zero attached hydrogens (tertiary/aromatic N) is 2. The van der Waals surface area contributed by atoms with E-state index in [0.29, 0.717) is 29.1 Å². The zero-order valence-corrected chi connectivity index (χ0v) is 16.2. The monoisotopic (exact) mass is 387 g/mol. The summed E-state index contributed by atoms with van der Waals surface area (Å²) in [6, 6.07) is 11.3. The predicted molar refractivity (Wildman–Crippen MR) is 108 cm³/mol. The van der Waals surface area contributed by atoms with Crippen molar-refractivity contribution in [1.82, 2.24) is 14.9 Å². The molecule has 0 fully saturated rings. The fraction of sp³-hybridized carbons (Fsp3) is 0.316. The third-order valence-corrected chi connectivity index (χ3v) is 5.79. The first kappa shape index (κ1) is 18.7. The van der Waals surface area contributed by atoms with Crippen molar-refractivity contribution < 1.29 is 4.79 Å². The highest BCUT2D eigenvalue weighted by Gasteiger charge is 2.13. The molecule has 0 aliphatic rings. The maximum absolute atomic E-state index is 12.8. The number of unbranched alkanes of at least 4 members (excludes halogenated alkanes) is 1. The Labute approximate surface area is 160 Å². The van der Waals surface area contributed by atoms with E-state index in [-0.39, 0.29) is 17.2 Å². The number of benzene rings is 1. The second kappa shape index (κ2) is 9.00. The van der Waals surface area contributed by atoms with Crippen LogP contribution in [-0.4, -0.2) is 21.2 Å². The number of carbonyl (C=O) groups excluding carboxylic acids is 1. The summed E-state index contributed by atoms with van der Waals surface area (Å²) in [5.41, 5.74) is 0.636. The molecule has 2 heterocycles. The molecule has 1 N–H and O–H groups in total. The number of aromatic nitrogens is 2. The highest BCUT2D eigenvalue weighted by Crippen LogP contribution is 2.18. The zero-order chi connectivity index (χ0) is 18.4. The van der Waals surface area contributed by atoms with Crippen molar-refractivity contribution in [2.75, 3.05) is 5.75 Å². The summed E-state index contributed by atoms with van der Waals surface area (Å²) in [6.45, 7) is 3.24. The largest absolute Gasteiger partial charge is 0.350 e. The smallest absolute Gasteiger partial charge is 0.262 e. The fourth-order valence-corrected chi connectivity index (χ4v) is 4.05. The minimum atomic E-state index is -0.0622. The second-order valence-electron chi connectivity index (χ2n) is 5.87. The molecule has 0 atom stereocenters. The summed E-state index contributed by atoms with van der Waals surface area (Å²) in [6.07, 6.45) is 1.89. The van der Waals surface area contributed by atoms with Gasteiger partial charge < -0.3 is 5.32 Å². The van der Waals surface area contributed by atoms with Crippen molar-refractivity contribution in [2.45, 2.75) is 38.0 Å². The quantitative estimate of drug-likeness (QED) is 0.473. The Kier molecular flexibility index (Phi) is 6.46. The van der Waals surface area contributed by atoms with Gasteiger partial charge in [0.2, 0.25) is 5.91 Å². The molecule has 3 aromatic rings. The van der Waals surface area contributed by atoms with Gasteiger partial charge in [0.05, 0.1) is 23.2 Å². The molecule has 0 radical (unpaired) electrons. The first-order valence-corrected chi connectivity index (χ1v) is 10.5. The van der Waals surface area contributed by atoms with Crippen LogP contribution in [0.2, 0.25) is 0 Å². The van der Waals surface area contributed by atoms with E-state index in [0.717, 1.165) is 17.7 Å². The molecule has 136 valence electrons. The molecule has 1 aromatic carbocycles. The Hall–Kier alpha value is -2.12. The fourth-order valence-electron chi connectivity index (χ4n) is 2.55. The minimum absolute atomic E-state index is 0.0365. The Morgan fingerprint density at radius 3 is 2.88 bits per heavy atom. The van der Waals surface area contributed by atoms with Crippen molar-refractivity contribution in [2.24, 2.45) is 0 Å². The van der Waals surface area contributed by atoms with Crippen LogP contribution in [0.4, 0.5) is 0 Å². The summed E-state index contributed by atoms with van der Waals surface area (Å²) in [5, 5.41) is 6.12. The topological polar surface area (TPSA) is 64.0 Å². The molecular weight excluding hydrogens is 366 g/mol. The summed E-state index contributed by atoms with van der Waals surface area (Å²) >= 11 is 2.93. The maximum Gasteiger partial charge on any atom is 0.262 e. The van der Waals surface area contributed by atoms with E-state index in [1.807, 2.05) is 35.7 Å². The summed E-state index contributed by atoms with van der Waals surface area (Å²) in [4.78, 5) is 30.7. The molecule has 0 aliphatic carbocycles. The lowest BCUT2D eigenvalue weighted by molar-refractivity contribution is -0.118. The summed E-state index contributed by atoms with van der Waals surface area (Å²) in [5.74, 6) is 0.176. The number of thiophene rings is 1. The Bertz CT molecular complexity index is 936. The Morgan fingerprint density at radius 2 is 2.12 bits per heavy atom. The van der Waals surface area contributed by atoms with Crippen LogP contribution in [0.5, 0.6) is 0 Å². The van der Waals surface area contributed by atoms with E-state index >= 15 is 0 Å². The van der Waals surface area contributed by atoms with Crippen LogP contribution in [0.3, 0.4) is 0 Å². The molecule has 2 aromatic heterocycles. The number of amides is 1. The lowest BCUT2D eigenvalue weighted by atomic mass is 10.2. The van der Waals surface area contributed by atoms with Crippen LogP contribution in [0.15, 0.2) is 51.7 Å². The third-order valence-electron chi connectivity index (χ3n) is 3.93. The molecule has 0 spiro atoms. The van der Waals surface area contributed by atoms with Crippen molar-refractivity contribution in [3.05, 3.63) is 57.0 Å². The number of fused-ring (bicyclic) bond motifs is 1. The predicted octanol–water partition coefficient (Wildman–Crippen LogP) is 3.67. The third kappa shape index (κ3) is 4.53. The first-order chi connectivity index (χ1) is 12.7. The molecular formula is C19H21N3O2S2. The van der Waals surface area contributed by atoms with Crippen molar-refractivity contribution in [3.8, 4) is 0 Å². The molecule has 0 aliphatic heterocycles. The first-order valence-electron chi connectivity index (χ1n) is 8.60. The maximum atomic E-state index is 12.8. The van der Waals surface area contributed by atoms with Gasteiger partial charge in [-0.1, -0.05) is 43.3 Å². The number of hydrogen-bond donors (Lipinski definition) is 1. The van der Waals surface area contributed by atoms with Gasteiger partial charge >= 0.3 is 0 Å². The highest BCUT2D eigenvalue weighted by atomic mass is 32.2. The molecule has 5 nitrogen and oxygen atoms in total. The van der Waals surface area contributed by atoms with E-state index < -0.39 is 0 Å². The number of nitrogens with one attached hydrogen (secondary N) is 1.